The highest BCUT2D eigenvalue weighted by molar-refractivity contribution is 5.81. The van der Waals surface area contributed by atoms with Gasteiger partial charge in [0, 0.05) is 5.41 Å². The zero-order valence-corrected chi connectivity index (χ0v) is 10.5. The van der Waals surface area contributed by atoms with Crippen LogP contribution in [-0.4, -0.2) is 12.5 Å². The van der Waals surface area contributed by atoms with Crippen LogP contribution in [0.3, 0.4) is 0 Å². The molecule has 86 valence electrons. The fourth-order valence-corrected chi connectivity index (χ4v) is 1.16. The lowest BCUT2D eigenvalue weighted by molar-refractivity contribution is -0.129. The number of carbonyl (C=O) groups excluding carboxylic acids is 1. The van der Waals surface area contributed by atoms with E-state index < -0.39 is 0 Å². The predicted molar refractivity (Wildman–Crippen MR) is 61.1 cm³/mol. The summed E-state index contributed by atoms with van der Waals surface area (Å²) in [6.07, 6.45) is 1.84. The normalized spacial score (nSPS) is 12.0. The highest BCUT2D eigenvalue weighted by Crippen LogP contribution is 2.30. The van der Waals surface area contributed by atoms with E-state index in [0.717, 1.165) is 12.8 Å². The van der Waals surface area contributed by atoms with Crippen molar-refractivity contribution in [3.8, 4) is 6.07 Å². The van der Waals surface area contributed by atoms with Crippen LogP contribution in [0.1, 0.15) is 47.5 Å². The van der Waals surface area contributed by atoms with Gasteiger partial charge in [-0.05, 0) is 18.3 Å². The Balaban J connectivity index is 4.18. The van der Waals surface area contributed by atoms with Gasteiger partial charge in [-0.1, -0.05) is 34.6 Å². The third kappa shape index (κ3) is 6.11. The second-order valence-electron chi connectivity index (χ2n) is 5.79. The molecular formula is C12H22N2O. The van der Waals surface area contributed by atoms with Crippen molar-refractivity contribution in [2.45, 2.75) is 47.5 Å². The van der Waals surface area contributed by atoms with Crippen LogP contribution in [0, 0.1) is 22.2 Å². The van der Waals surface area contributed by atoms with Gasteiger partial charge in [0.05, 0.1) is 6.07 Å². The average Bonchev–Trinajstić information content (AvgIpc) is 2.10. The van der Waals surface area contributed by atoms with Crippen molar-refractivity contribution in [2.24, 2.45) is 10.8 Å². The maximum atomic E-state index is 11.7. The molecule has 0 saturated carbocycles. The Morgan fingerprint density at radius 1 is 1.20 bits per heavy atom. The lowest BCUT2D eigenvalue weighted by Crippen LogP contribution is -2.37. The summed E-state index contributed by atoms with van der Waals surface area (Å²) < 4.78 is 0. The van der Waals surface area contributed by atoms with Gasteiger partial charge in [-0.15, -0.1) is 0 Å². The molecule has 0 bridgehead atoms. The van der Waals surface area contributed by atoms with Crippen molar-refractivity contribution >= 4 is 5.91 Å². The molecule has 0 aliphatic carbocycles. The van der Waals surface area contributed by atoms with Gasteiger partial charge in [-0.25, -0.2) is 0 Å². The van der Waals surface area contributed by atoms with Crippen LogP contribution in [0.4, 0.5) is 0 Å². The average molecular weight is 210 g/mol. The Labute approximate surface area is 92.9 Å². The summed E-state index contributed by atoms with van der Waals surface area (Å²) in [7, 11) is 0. The van der Waals surface area contributed by atoms with E-state index in [1.807, 2.05) is 19.9 Å². The first kappa shape index (κ1) is 14.0. The summed E-state index contributed by atoms with van der Waals surface area (Å²) in [5.74, 6) is -0.0340. The van der Waals surface area contributed by atoms with Gasteiger partial charge in [-0.2, -0.15) is 5.26 Å². The fraction of sp³-hybridized carbons (Fsp3) is 0.833. The van der Waals surface area contributed by atoms with Crippen LogP contribution >= 0.6 is 0 Å². The Bertz CT molecular complexity index is 256. The number of nitrogens with one attached hydrogen (secondary N) is 1. The number of nitriles is 1. The first-order valence-corrected chi connectivity index (χ1v) is 5.34. The lowest BCUT2D eigenvalue weighted by atomic mass is 9.79. The molecule has 0 atom stereocenters. The van der Waals surface area contributed by atoms with Crippen LogP contribution in [0.25, 0.3) is 0 Å². The van der Waals surface area contributed by atoms with Gasteiger partial charge in [-0.3, -0.25) is 4.79 Å². The number of amides is 1. The molecule has 0 aromatic heterocycles. The molecule has 0 aromatic carbocycles. The number of carbonyl (C=O) groups is 1. The molecule has 0 saturated heterocycles. The van der Waals surface area contributed by atoms with Gasteiger partial charge in [0.25, 0.3) is 0 Å². The van der Waals surface area contributed by atoms with Crippen molar-refractivity contribution < 1.29 is 4.79 Å². The molecule has 0 radical (unpaired) electrons. The van der Waals surface area contributed by atoms with Crippen LogP contribution < -0.4 is 5.32 Å². The Morgan fingerprint density at radius 2 is 1.73 bits per heavy atom. The van der Waals surface area contributed by atoms with E-state index in [1.54, 1.807) is 0 Å². The number of hydrogen-bond acceptors (Lipinski definition) is 2. The summed E-state index contributed by atoms with van der Waals surface area (Å²) in [5, 5.41) is 11.0. The van der Waals surface area contributed by atoms with Gasteiger partial charge in [0.1, 0.15) is 6.54 Å². The zero-order valence-electron chi connectivity index (χ0n) is 10.5. The summed E-state index contributed by atoms with van der Waals surface area (Å²) in [6.45, 7) is 10.4. The Hall–Kier alpha value is -1.04. The molecule has 0 spiro atoms. The van der Waals surface area contributed by atoms with Crippen LogP contribution in [0.5, 0.6) is 0 Å². The fourth-order valence-electron chi connectivity index (χ4n) is 1.16. The van der Waals surface area contributed by atoms with E-state index in [0.29, 0.717) is 0 Å². The second-order valence-corrected chi connectivity index (χ2v) is 5.79. The molecule has 1 N–H and O–H groups in total. The molecule has 0 aliphatic rings. The maximum Gasteiger partial charge on any atom is 0.226 e. The summed E-state index contributed by atoms with van der Waals surface area (Å²) in [5.41, 5.74) is -0.142. The molecule has 15 heavy (non-hydrogen) atoms. The molecular weight excluding hydrogens is 188 g/mol. The lowest BCUT2D eigenvalue weighted by Gasteiger charge is -2.27. The monoisotopic (exact) mass is 210 g/mol. The van der Waals surface area contributed by atoms with E-state index in [2.05, 4.69) is 26.1 Å². The Kier molecular flexibility index (Phi) is 4.80. The van der Waals surface area contributed by atoms with E-state index in [-0.39, 0.29) is 23.3 Å². The minimum atomic E-state index is -0.385. The quantitative estimate of drug-likeness (QED) is 0.725. The molecule has 0 rings (SSSR count). The SMILES string of the molecule is CC(C)(C)CCC(C)(C)C(=O)NCC#N. The maximum absolute atomic E-state index is 11.7. The molecule has 3 nitrogen and oxygen atoms in total. The van der Waals surface area contributed by atoms with Crippen LogP contribution in [-0.2, 0) is 4.79 Å². The third-order valence-corrected chi connectivity index (χ3v) is 2.44. The third-order valence-electron chi connectivity index (χ3n) is 2.44. The van der Waals surface area contributed by atoms with Crippen molar-refractivity contribution in [1.82, 2.24) is 5.32 Å². The van der Waals surface area contributed by atoms with Crippen molar-refractivity contribution in [3.63, 3.8) is 0 Å². The van der Waals surface area contributed by atoms with E-state index in [9.17, 15) is 4.79 Å². The summed E-state index contributed by atoms with van der Waals surface area (Å²) in [6, 6.07) is 1.91. The van der Waals surface area contributed by atoms with Gasteiger partial charge < -0.3 is 5.32 Å². The van der Waals surface area contributed by atoms with E-state index in [1.165, 1.54) is 0 Å². The molecule has 0 fully saturated rings. The first-order chi connectivity index (χ1) is 6.69. The van der Waals surface area contributed by atoms with Crippen molar-refractivity contribution in [3.05, 3.63) is 0 Å². The standard InChI is InChI=1S/C12H22N2O/c1-11(2,3)6-7-12(4,5)10(15)14-9-8-13/h6-7,9H2,1-5H3,(H,14,15). The Morgan fingerprint density at radius 3 is 2.13 bits per heavy atom. The largest absolute Gasteiger partial charge is 0.343 e. The predicted octanol–water partition coefficient (Wildman–Crippen LogP) is 2.48. The van der Waals surface area contributed by atoms with Crippen LogP contribution in [0.15, 0.2) is 0 Å². The second kappa shape index (κ2) is 5.16. The molecule has 3 heteroatoms. The minimum Gasteiger partial charge on any atom is -0.343 e. The smallest absolute Gasteiger partial charge is 0.226 e. The topological polar surface area (TPSA) is 52.9 Å². The zero-order chi connectivity index (χ0) is 12.1. The van der Waals surface area contributed by atoms with Gasteiger partial charge >= 0.3 is 0 Å². The van der Waals surface area contributed by atoms with Crippen molar-refractivity contribution in [1.29, 1.82) is 5.26 Å². The van der Waals surface area contributed by atoms with Crippen molar-refractivity contribution in [2.75, 3.05) is 6.54 Å². The number of rotatable bonds is 4. The molecule has 0 aliphatic heterocycles. The first-order valence-electron chi connectivity index (χ1n) is 5.34. The number of hydrogen-bond donors (Lipinski definition) is 1. The highest BCUT2D eigenvalue weighted by Gasteiger charge is 2.28. The molecule has 1 amide bonds. The van der Waals surface area contributed by atoms with Gasteiger partial charge in [0.2, 0.25) is 5.91 Å². The van der Waals surface area contributed by atoms with Gasteiger partial charge in [0.15, 0.2) is 0 Å². The number of nitrogens with zero attached hydrogens (tertiary/aromatic N) is 1. The summed E-state index contributed by atoms with van der Waals surface area (Å²) in [4.78, 5) is 11.7. The van der Waals surface area contributed by atoms with Crippen LogP contribution in [0.2, 0.25) is 0 Å². The molecule has 0 aromatic rings. The molecule has 0 heterocycles. The molecule has 0 unspecified atom stereocenters. The van der Waals surface area contributed by atoms with E-state index in [4.69, 9.17) is 5.26 Å². The summed E-state index contributed by atoms with van der Waals surface area (Å²) >= 11 is 0. The highest BCUT2D eigenvalue weighted by atomic mass is 16.2. The van der Waals surface area contributed by atoms with E-state index >= 15 is 0 Å². The minimum absolute atomic E-state index is 0.0340.